The Bertz CT molecular complexity index is 758. The number of rotatable bonds is 3. The number of aryl methyl sites for hydroxylation is 1. The molecule has 5 heteroatoms. The van der Waals surface area contributed by atoms with Crippen LogP contribution in [0.3, 0.4) is 0 Å². The first-order valence-corrected chi connectivity index (χ1v) is 6.26. The smallest absolute Gasteiger partial charge is 0.180 e. The molecule has 0 aliphatic rings. The highest BCUT2D eigenvalue weighted by Crippen LogP contribution is 2.24. The van der Waals surface area contributed by atoms with Crippen LogP contribution in [0.5, 0.6) is 5.75 Å². The fourth-order valence-corrected chi connectivity index (χ4v) is 1.91. The lowest BCUT2D eigenvalue weighted by Gasteiger charge is -2.10. The van der Waals surface area contributed by atoms with Crippen molar-refractivity contribution in [2.45, 2.75) is 6.92 Å². The summed E-state index contributed by atoms with van der Waals surface area (Å²) < 4.78 is 5.23. The summed E-state index contributed by atoms with van der Waals surface area (Å²) in [6.07, 6.45) is 3.40. The average Bonchev–Trinajstić information content (AvgIpc) is 2.49. The highest BCUT2D eigenvalue weighted by molar-refractivity contribution is 5.72. The van der Waals surface area contributed by atoms with Crippen molar-refractivity contribution in [3.63, 3.8) is 0 Å². The number of methoxy groups -OCH3 is 1. The van der Waals surface area contributed by atoms with Crippen LogP contribution < -0.4 is 10.1 Å². The molecule has 1 aromatic carbocycles. The number of fused-ring (bicyclic) bond motifs is 1. The second-order valence-corrected chi connectivity index (χ2v) is 4.41. The SMILES string of the molecule is COc1ccc(C)c(Nc2cnc3cccnc3n2)c1. The van der Waals surface area contributed by atoms with E-state index in [-0.39, 0.29) is 0 Å². The maximum atomic E-state index is 5.23. The van der Waals surface area contributed by atoms with Crippen LogP contribution in [0, 0.1) is 6.92 Å². The maximum Gasteiger partial charge on any atom is 0.180 e. The molecule has 0 aliphatic carbocycles. The van der Waals surface area contributed by atoms with Gasteiger partial charge in [0.1, 0.15) is 11.3 Å². The third kappa shape index (κ3) is 2.38. The normalized spacial score (nSPS) is 10.5. The standard InChI is InChI=1S/C15H14N4O/c1-10-5-6-11(20-2)8-13(10)18-14-9-17-12-4-3-7-16-15(12)19-14/h3-9H,1-2H3,(H,16,18,19). The molecule has 0 bridgehead atoms. The highest BCUT2D eigenvalue weighted by Gasteiger charge is 2.04. The van der Waals surface area contributed by atoms with Crippen LogP contribution in [0.15, 0.2) is 42.7 Å². The Kier molecular flexibility index (Phi) is 3.16. The predicted octanol–water partition coefficient (Wildman–Crippen LogP) is 3.09. The van der Waals surface area contributed by atoms with Crippen LogP contribution in [0.25, 0.3) is 11.2 Å². The van der Waals surface area contributed by atoms with Gasteiger partial charge in [-0.1, -0.05) is 6.07 Å². The molecule has 1 N–H and O–H groups in total. The van der Waals surface area contributed by atoms with E-state index in [1.54, 1.807) is 19.5 Å². The number of ether oxygens (including phenoxy) is 1. The molecule has 0 amide bonds. The Labute approximate surface area is 116 Å². The Morgan fingerprint density at radius 1 is 1.15 bits per heavy atom. The molecule has 20 heavy (non-hydrogen) atoms. The van der Waals surface area contributed by atoms with Crippen molar-refractivity contribution in [1.29, 1.82) is 0 Å². The maximum absolute atomic E-state index is 5.23. The van der Waals surface area contributed by atoms with Gasteiger partial charge in [0.2, 0.25) is 0 Å². The van der Waals surface area contributed by atoms with E-state index in [4.69, 9.17) is 4.74 Å². The number of anilines is 2. The van der Waals surface area contributed by atoms with Gasteiger partial charge in [0, 0.05) is 18.0 Å². The summed E-state index contributed by atoms with van der Waals surface area (Å²) in [5, 5.41) is 3.25. The number of aromatic nitrogens is 3. The van der Waals surface area contributed by atoms with Crippen LogP contribution in [-0.2, 0) is 0 Å². The molecule has 0 radical (unpaired) electrons. The average molecular weight is 266 g/mol. The van der Waals surface area contributed by atoms with Crippen LogP contribution in [-0.4, -0.2) is 22.1 Å². The minimum atomic E-state index is 0.623. The Morgan fingerprint density at radius 2 is 2.05 bits per heavy atom. The summed E-state index contributed by atoms with van der Waals surface area (Å²) in [4.78, 5) is 13.0. The van der Waals surface area contributed by atoms with Gasteiger partial charge in [-0.2, -0.15) is 0 Å². The predicted molar refractivity (Wildman–Crippen MR) is 78.3 cm³/mol. The summed E-state index contributed by atoms with van der Waals surface area (Å²) in [6.45, 7) is 2.02. The second kappa shape index (κ2) is 5.13. The zero-order chi connectivity index (χ0) is 13.9. The fraction of sp³-hybridized carbons (Fsp3) is 0.133. The highest BCUT2D eigenvalue weighted by atomic mass is 16.5. The monoisotopic (exact) mass is 266 g/mol. The molecule has 3 rings (SSSR count). The van der Waals surface area contributed by atoms with E-state index in [2.05, 4.69) is 20.3 Å². The van der Waals surface area contributed by atoms with Gasteiger partial charge in [-0.05, 0) is 30.7 Å². The van der Waals surface area contributed by atoms with Gasteiger partial charge in [-0.25, -0.2) is 15.0 Å². The molecule has 100 valence electrons. The third-order valence-electron chi connectivity index (χ3n) is 3.03. The van der Waals surface area contributed by atoms with E-state index >= 15 is 0 Å². The quantitative estimate of drug-likeness (QED) is 0.789. The minimum Gasteiger partial charge on any atom is -0.497 e. The van der Waals surface area contributed by atoms with Crippen LogP contribution in [0.2, 0.25) is 0 Å². The van der Waals surface area contributed by atoms with E-state index in [1.807, 2.05) is 37.3 Å². The molecule has 0 saturated heterocycles. The molecule has 0 unspecified atom stereocenters. The third-order valence-corrected chi connectivity index (χ3v) is 3.03. The lowest BCUT2D eigenvalue weighted by atomic mass is 10.2. The van der Waals surface area contributed by atoms with E-state index in [9.17, 15) is 0 Å². The van der Waals surface area contributed by atoms with Crippen molar-refractivity contribution in [3.05, 3.63) is 48.3 Å². The number of hydrogen-bond acceptors (Lipinski definition) is 5. The summed E-state index contributed by atoms with van der Waals surface area (Å²) in [7, 11) is 1.65. The molecule has 2 heterocycles. The summed E-state index contributed by atoms with van der Waals surface area (Å²) in [6, 6.07) is 9.58. The lowest BCUT2D eigenvalue weighted by Crippen LogP contribution is -1.98. The Balaban J connectivity index is 1.96. The van der Waals surface area contributed by atoms with E-state index in [0.717, 1.165) is 22.5 Å². The number of pyridine rings is 1. The van der Waals surface area contributed by atoms with E-state index in [1.165, 1.54) is 0 Å². The zero-order valence-corrected chi connectivity index (χ0v) is 11.3. The van der Waals surface area contributed by atoms with Crippen molar-refractivity contribution in [1.82, 2.24) is 15.0 Å². The molecule has 0 atom stereocenters. The largest absolute Gasteiger partial charge is 0.497 e. The molecule has 0 saturated carbocycles. The summed E-state index contributed by atoms with van der Waals surface area (Å²) >= 11 is 0. The van der Waals surface area contributed by atoms with Crippen LogP contribution in [0.4, 0.5) is 11.5 Å². The van der Waals surface area contributed by atoms with Gasteiger partial charge >= 0.3 is 0 Å². The fourth-order valence-electron chi connectivity index (χ4n) is 1.91. The minimum absolute atomic E-state index is 0.623. The zero-order valence-electron chi connectivity index (χ0n) is 11.3. The van der Waals surface area contributed by atoms with Crippen LogP contribution in [0.1, 0.15) is 5.56 Å². The van der Waals surface area contributed by atoms with Crippen molar-refractivity contribution in [3.8, 4) is 5.75 Å². The topological polar surface area (TPSA) is 59.9 Å². The van der Waals surface area contributed by atoms with Crippen molar-refractivity contribution < 1.29 is 4.74 Å². The number of nitrogens with one attached hydrogen (secondary N) is 1. The molecule has 3 aromatic rings. The molecule has 0 fully saturated rings. The molecule has 0 spiro atoms. The van der Waals surface area contributed by atoms with Gasteiger partial charge in [0.25, 0.3) is 0 Å². The van der Waals surface area contributed by atoms with Crippen molar-refractivity contribution >= 4 is 22.7 Å². The first-order valence-electron chi connectivity index (χ1n) is 6.26. The van der Waals surface area contributed by atoms with Crippen molar-refractivity contribution in [2.24, 2.45) is 0 Å². The number of benzene rings is 1. The molecule has 5 nitrogen and oxygen atoms in total. The van der Waals surface area contributed by atoms with Crippen LogP contribution >= 0.6 is 0 Å². The van der Waals surface area contributed by atoms with E-state index < -0.39 is 0 Å². The molecule has 0 aliphatic heterocycles. The lowest BCUT2D eigenvalue weighted by molar-refractivity contribution is 0.415. The van der Waals surface area contributed by atoms with Gasteiger partial charge in [0.15, 0.2) is 11.5 Å². The first-order chi connectivity index (χ1) is 9.76. The number of nitrogens with zero attached hydrogens (tertiary/aromatic N) is 3. The van der Waals surface area contributed by atoms with Gasteiger partial charge in [-0.3, -0.25) is 0 Å². The summed E-state index contributed by atoms with van der Waals surface area (Å²) in [5.74, 6) is 1.46. The Morgan fingerprint density at radius 3 is 2.90 bits per heavy atom. The first kappa shape index (κ1) is 12.3. The molecular weight excluding hydrogens is 252 g/mol. The van der Waals surface area contributed by atoms with Crippen molar-refractivity contribution in [2.75, 3.05) is 12.4 Å². The molecular formula is C15H14N4O. The Hall–Kier alpha value is -2.69. The van der Waals surface area contributed by atoms with Gasteiger partial charge in [-0.15, -0.1) is 0 Å². The van der Waals surface area contributed by atoms with E-state index in [0.29, 0.717) is 11.5 Å². The second-order valence-electron chi connectivity index (χ2n) is 4.41. The van der Waals surface area contributed by atoms with Gasteiger partial charge in [0.05, 0.1) is 13.3 Å². The molecule has 2 aromatic heterocycles. The van der Waals surface area contributed by atoms with Gasteiger partial charge < -0.3 is 10.1 Å². The summed E-state index contributed by atoms with van der Waals surface area (Å²) in [5.41, 5.74) is 3.45. The number of hydrogen-bond donors (Lipinski definition) is 1.